The standard InChI is InChI=1S/C25H24BrFN2O7S/c1-3-34-19-9-11-21(12-10-19)37(32,33)29(2)18-5-7-20(8-6-18)35-16-25(31)36-15-24(30)28-23-13-4-17(26)14-22(23)27/h4-14H,3,15-16H2,1-2H3,(H,28,30). The van der Waals surface area contributed by atoms with Gasteiger partial charge >= 0.3 is 5.97 Å². The fraction of sp³-hybridized carbons (Fsp3) is 0.200. The van der Waals surface area contributed by atoms with Crippen molar-refractivity contribution in [3.05, 3.63) is 77.0 Å². The maximum atomic E-state index is 13.8. The van der Waals surface area contributed by atoms with Crippen LogP contribution < -0.4 is 19.1 Å². The first-order valence-electron chi connectivity index (χ1n) is 11.0. The molecule has 0 saturated carbocycles. The van der Waals surface area contributed by atoms with Crippen molar-refractivity contribution < 1.29 is 36.6 Å². The summed E-state index contributed by atoms with van der Waals surface area (Å²) in [6.45, 7) is 1.20. The number of hydrogen-bond acceptors (Lipinski definition) is 7. The highest BCUT2D eigenvalue weighted by Gasteiger charge is 2.21. The molecule has 1 amide bonds. The number of amides is 1. The Labute approximate surface area is 222 Å². The van der Waals surface area contributed by atoms with E-state index >= 15 is 0 Å². The summed E-state index contributed by atoms with van der Waals surface area (Å²) in [5.74, 6) is -1.31. The molecule has 9 nitrogen and oxygen atoms in total. The molecule has 0 aliphatic carbocycles. The minimum absolute atomic E-state index is 0.0462. The molecule has 0 saturated heterocycles. The van der Waals surface area contributed by atoms with Crippen LogP contribution in [0.4, 0.5) is 15.8 Å². The summed E-state index contributed by atoms with van der Waals surface area (Å²) >= 11 is 3.12. The van der Waals surface area contributed by atoms with Crippen molar-refractivity contribution >= 4 is 49.2 Å². The SMILES string of the molecule is CCOc1ccc(S(=O)(=O)N(C)c2ccc(OCC(=O)OCC(=O)Nc3ccc(Br)cc3F)cc2)cc1. The number of carbonyl (C=O) groups excluding carboxylic acids is 2. The van der Waals surface area contributed by atoms with Crippen LogP contribution >= 0.6 is 15.9 Å². The number of nitrogens with one attached hydrogen (secondary N) is 1. The number of esters is 1. The van der Waals surface area contributed by atoms with Crippen molar-refractivity contribution in [2.75, 3.05) is 36.5 Å². The van der Waals surface area contributed by atoms with Gasteiger partial charge in [-0.25, -0.2) is 17.6 Å². The fourth-order valence-corrected chi connectivity index (χ4v) is 4.56. The minimum atomic E-state index is -3.81. The van der Waals surface area contributed by atoms with E-state index in [1.54, 1.807) is 18.2 Å². The normalized spacial score (nSPS) is 10.9. The predicted molar refractivity (Wildman–Crippen MR) is 139 cm³/mol. The van der Waals surface area contributed by atoms with Crippen LogP contribution in [0.15, 0.2) is 76.1 Å². The van der Waals surface area contributed by atoms with Crippen LogP contribution in [0.1, 0.15) is 6.92 Å². The van der Waals surface area contributed by atoms with Crippen LogP contribution in [0.2, 0.25) is 0 Å². The quantitative estimate of drug-likeness (QED) is 0.328. The lowest BCUT2D eigenvalue weighted by Gasteiger charge is -2.20. The Bertz CT molecular complexity index is 1350. The molecule has 3 rings (SSSR count). The lowest BCUT2D eigenvalue weighted by Crippen LogP contribution is -2.26. The summed E-state index contributed by atoms with van der Waals surface area (Å²) < 4.78 is 56.8. The largest absolute Gasteiger partial charge is 0.494 e. The number of carbonyl (C=O) groups is 2. The third-order valence-corrected chi connectivity index (χ3v) is 7.21. The Morgan fingerprint density at radius 3 is 2.19 bits per heavy atom. The van der Waals surface area contributed by atoms with Crippen molar-refractivity contribution in [3.63, 3.8) is 0 Å². The number of rotatable bonds is 11. The van der Waals surface area contributed by atoms with Crippen molar-refractivity contribution in [2.45, 2.75) is 11.8 Å². The smallest absolute Gasteiger partial charge is 0.344 e. The average Bonchev–Trinajstić information content (AvgIpc) is 2.88. The van der Waals surface area contributed by atoms with Gasteiger partial charge in [0.1, 0.15) is 17.3 Å². The second-order valence-electron chi connectivity index (χ2n) is 7.49. The Balaban J connectivity index is 1.49. The van der Waals surface area contributed by atoms with Crippen LogP contribution in [0.25, 0.3) is 0 Å². The zero-order valence-electron chi connectivity index (χ0n) is 19.9. The van der Waals surface area contributed by atoms with E-state index in [9.17, 15) is 22.4 Å². The number of ether oxygens (including phenoxy) is 3. The molecule has 0 unspecified atom stereocenters. The van der Waals surface area contributed by atoms with Gasteiger partial charge in [0.25, 0.3) is 15.9 Å². The Morgan fingerprint density at radius 1 is 0.946 bits per heavy atom. The first-order chi connectivity index (χ1) is 17.6. The number of hydrogen-bond donors (Lipinski definition) is 1. The molecule has 0 aliphatic rings. The molecule has 37 heavy (non-hydrogen) atoms. The Kier molecular flexibility index (Phi) is 9.48. The van der Waals surface area contributed by atoms with Crippen molar-refractivity contribution in [2.24, 2.45) is 0 Å². The van der Waals surface area contributed by atoms with Crippen LogP contribution in [-0.2, 0) is 24.3 Å². The third kappa shape index (κ3) is 7.67. The number of halogens is 2. The molecule has 0 radical (unpaired) electrons. The Morgan fingerprint density at radius 2 is 1.57 bits per heavy atom. The third-order valence-electron chi connectivity index (χ3n) is 4.92. The lowest BCUT2D eigenvalue weighted by atomic mass is 10.3. The molecule has 0 aromatic heterocycles. The highest BCUT2D eigenvalue weighted by molar-refractivity contribution is 9.10. The summed E-state index contributed by atoms with van der Waals surface area (Å²) in [4.78, 5) is 23.9. The van der Waals surface area contributed by atoms with Crippen LogP contribution in [-0.4, -0.2) is 47.2 Å². The molecular formula is C25H24BrFN2O7S. The number of sulfonamides is 1. The molecule has 196 valence electrons. The molecule has 12 heteroatoms. The summed E-state index contributed by atoms with van der Waals surface area (Å²) in [5, 5.41) is 2.30. The van der Waals surface area contributed by atoms with Crippen LogP contribution in [0.3, 0.4) is 0 Å². The van der Waals surface area contributed by atoms with Gasteiger partial charge in [-0.2, -0.15) is 0 Å². The van der Waals surface area contributed by atoms with E-state index in [1.807, 2.05) is 6.92 Å². The molecular weight excluding hydrogens is 571 g/mol. The van der Waals surface area contributed by atoms with E-state index in [2.05, 4.69) is 21.2 Å². The highest BCUT2D eigenvalue weighted by Crippen LogP contribution is 2.25. The summed E-state index contributed by atoms with van der Waals surface area (Å²) in [7, 11) is -2.39. The second-order valence-corrected chi connectivity index (χ2v) is 10.4. The van der Waals surface area contributed by atoms with E-state index < -0.39 is 40.9 Å². The summed E-state index contributed by atoms with van der Waals surface area (Å²) in [6.07, 6.45) is 0. The average molecular weight is 595 g/mol. The molecule has 3 aromatic carbocycles. The first-order valence-corrected chi connectivity index (χ1v) is 13.2. The summed E-state index contributed by atoms with van der Waals surface area (Å²) in [5.41, 5.74) is 0.329. The van der Waals surface area contributed by atoms with Crippen LogP contribution in [0, 0.1) is 5.82 Å². The number of anilines is 2. The molecule has 0 spiro atoms. The monoisotopic (exact) mass is 594 g/mol. The topological polar surface area (TPSA) is 111 Å². The van der Waals surface area contributed by atoms with Gasteiger partial charge in [-0.1, -0.05) is 15.9 Å². The van der Waals surface area contributed by atoms with Gasteiger partial charge in [-0.3, -0.25) is 9.10 Å². The van der Waals surface area contributed by atoms with E-state index in [-0.39, 0.29) is 16.3 Å². The van der Waals surface area contributed by atoms with Gasteiger partial charge in [0.2, 0.25) is 0 Å². The van der Waals surface area contributed by atoms with Crippen molar-refractivity contribution in [1.29, 1.82) is 0 Å². The summed E-state index contributed by atoms with van der Waals surface area (Å²) in [6, 6.07) is 16.3. The molecule has 3 aromatic rings. The lowest BCUT2D eigenvalue weighted by molar-refractivity contribution is -0.149. The zero-order chi connectivity index (χ0) is 27.0. The maximum absolute atomic E-state index is 13.8. The van der Waals surface area contributed by atoms with Crippen molar-refractivity contribution in [1.82, 2.24) is 0 Å². The molecule has 0 aliphatic heterocycles. The molecule has 0 bridgehead atoms. The van der Waals surface area contributed by atoms with Gasteiger partial charge in [0, 0.05) is 11.5 Å². The fourth-order valence-electron chi connectivity index (χ4n) is 3.03. The Hall–Kier alpha value is -3.64. The van der Waals surface area contributed by atoms with E-state index in [0.29, 0.717) is 22.5 Å². The molecule has 0 atom stereocenters. The maximum Gasteiger partial charge on any atom is 0.344 e. The van der Waals surface area contributed by atoms with E-state index in [4.69, 9.17) is 14.2 Å². The zero-order valence-corrected chi connectivity index (χ0v) is 22.3. The second kappa shape index (κ2) is 12.5. The van der Waals surface area contributed by atoms with Gasteiger partial charge in [-0.15, -0.1) is 0 Å². The minimum Gasteiger partial charge on any atom is -0.494 e. The molecule has 0 fully saturated rings. The van der Waals surface area contributed by atoms with Crippen molar-refractivity contribution in [3.8, 4) is 11.5 Å². The predicted octanol–water partition coefficient (Wildman–Crippen LogP) is 4.37. The number of benzene rings is 3. The van der Waals surface area contributed by atoms with Gasteiger partial charge in [-0.05, 0) is 73.7 Å². The molecule has 0 heterocycles. The highest BCUT2D eigenvalue weighted by atomic mass is 79.9. The molecule has 1 N–H and O–H groups in total. The number of nitrogens with zero attached hydrogens (tertiary/aromatic N) is 1. The van der Waals surface area contributed by atoms with Gasteiger partial charge < -0.3 is 19.5 Å². The first kappa shape index (κ1) is 27.9. The van der Waals surface area contributed by atoms with E-state index in [0.717, 1.165) is 4.31 Å². The van der Waals surface area contributed by atoms with Gasteiger partial charge in [0.15, 0.2) is 13.2 Å². The van der Waals surface area contributed by atoms with E-state index in [1.165, 1.54) is 55.6 Å². The van der Waals surface area contributed by atoms with Gasteiger partial charge in [0.05, 0.1) is 22.9 Å². The van der Waals surface area contributed by atoms with Crippen LogP contribution in [0.5, 0.6) is 11.5 Å².